The second kappa shape index (κ2) is 9.19. The SMILES string of the molecule is CN=C(NCCCF)N1CCOC(c2cnn(C)c2)C1.I. The summed E-state index contributed by atoms with van der Waals surface area (Å²) in [4.78, 5) is 6.39. The Bertz CT molecular complexity index is 454. The van der Waals surface area contributed by atoms with Crippen molar-refractivity contribution in [2.45, 2.75) is 12.5 Å². The minimum atomic E-state index is -0.314. The lowest BCUT2D eigenvalue weighted by Crippen LogP contribution is -2.48. The van der Waals surface area contributed by atoms with Crippen LogP contribution in [0.25, 0.3) is 0 Å². The number of nitrogens with one attached hydrogen (secondary N) is 1. The Balaban J connectivity index is 0.00000220. The van der Waals surface area contributed by atoms with Crippen LogP contribution in [-0.4, -0.2) is 60.6 Å². The van der Waals surface area contributed by atoms with E-state index in [9.17, 15) is 4.39 Å². The van der Waals surface area contributed by atoms with Crippen molar-refractivity contribution < 1.29 is 9.13 Å². The number of aromatic nitrogens is 2. The Morgan fingerprint density at radius 1 is 1.62 bits per heavy atom. The van der Waals surface area contributed by atoms with Gasteiger partial charge in [-0.15, -0.1) is 24.0 Å². The molecule has 1 unspecified atom stereocenters. The van der Waals surface area contributed by atoms with E-state index in [-0.39, 0.29) is 36.8 Å². The van der Waals surface area contributed by atoms with E-state index in [1.165, 1.54) is 0 Å². The van der Waals surface area contributed by atoms with E-state index in [0.717, 1.165) is 24.6 Å². The number of hydrogen-bond donors (Lipinski definition) is 1. The van der Waals surface area contributed by atoms with Gasteiger partial charge in [0.15, 0.2) is 5.96 Å². The summed E-state index contributed by atoms with van der Waals surface area (Å²) in [5.74, 6) is 0.802. The van der Waals surface area contributed by atoms with E-state index < -0.39 is 0 Å². The number of nitrogens with zero attached hydrogens (tertiary/aromatic N) is 4. The molecule has 2 rings (SSSR count). The molecule has 0 aliphatic carbocycles. The number of morpholine rings is 1. The molecule has 1 fully saturated rings. The molecule has 1 aromatic rings. The van der Waals surface area contributed by atoms with Crippen LogP contribution in [0.15, 0.2) is 17.4 Å². The zero-order chi connectivity index (χ0) is 14.4. The van der Waals surface area contributed by atoms with Gasteiger partial charge in [0.2, 0.25) is 0 Å². The average Bonchev–Trinajstić information content (AvgIpc) is 2.90. The zero-order valence-corrected chi connectivity index (χ0v) is 14.8. The van der Waals surface area contributed by atoms with E-state index in [2.05, 4.69) is 20.3 Å². The summed E-state index contributed by atoms with van der Waals surface area (Å²) < 4.78 is 19.7. The Kier molecular flexibility index (Phi) is 7.94. The van der Waals surface area contributed by atoms with Gasteiger partial charge in [-0.05, 0) is 6.42 Å². The fourth-order valence-corrected chi connectivity index (χ4v) is 2.25. The van der Waals surface area contributed by atoms with Gasteiger partial charge in [0.25, 0.3) is 0 Å². The fourth-order valence-electron chi connectivity index (χ4n) is 2.25. The summed E-state index contributed by atoms with van der Waals surface area (Å²) in [6.07, 6.45) is 4.29. The van der Waals surface area contributed by atoms with Crippen LogP contribution in [0.3, 0.4) is 0 Å². The molecule has 1 aliphatic heterocycles. The Morgan fingerprint density at radius 3 is 3.05 bits per heavy atom. The zero-order valence-electron chi connectivity index (χ0n) is 12.5. The molecule has 0 amide bonds. The van der Waals surface area contributed by atoms with Gasteiger partial charge in [0.05, 0.1) is 26.0 Å². The minimum Gasteiger partial charge on any atom is -0.370 e. The second-order valence-corrected chi connectivity index (χ2v) is 4.77. The summed E-state index contributed by atoms with van der Waals surface area (Å²) in [5, 5.41) is 7.35. The van der Waals surface area contributed by atoms with Gasteiger partial charge in [0, 0.05) is 38.9 Å². The van der Waals surface area contributed by atoms with Gasteiger partial charge in [-0.3, -0.25) is 14.1 Å². The molecular weight excluding hydrogens is 388 g/mol. The van der Waals surface area contributed by atoms with Crippen molar-refractivity contribution in [3.05, 3.63) is 18.0 Å². The highest BCUT2D eigenvalue weighted by molar-refractivity contribution is 14.0. The van der Waals surface area contributed by atoms with E-state index in [1.807, 2.05) is 19.4 Å². The van der Waals surface area contributed by atoms with Crippen LogP contribution in [0, 0.1) is 0 Å². The van der Waals surface area contributed by atoms with E-state index in [4.69, 9.17) is 4.74 Å². The monoisotopic (exact) mass is 411 g/mol. The molecule has 1 N–H and O–H groups in total. The number of ether oxygens (including phenoxy) is 1. The molecule has 1 aliphatic rings. The number of aliphatic imine (C=N–C) groups is 1. The third-order valence-electron chi connectivity index (χ3n) is 3.27. The maximum Gasteiger partial charge on any atom is 0.193 e. The molecule has 0 bridgehead atoms. The predicted octanol–water partition coefficient (Wildman–Crippen LogP) is 1.35. The van der Waals surface area contributed by atoms with E-state index >= 15 is 0 Å². The molecule has 0 aromatic carbocycles. The third kappa shape index (κ3) is 5.10. The van der Waals surface area contributed by atoms with E-state index in [1.54, 1.807) is 11.7 Å². The lowest BCUT2D eigenvalue weighted by atomic mass is 10.1. The first-order chi connectivity index (χ1) is 9.74. The summed E-state index contributed by atoms with van der Waals surface area (Å²) in [6, 6.07) is 0. The largest absolute Gasteiger partial charge is 0.370 e. The van der Waals surface area contributed by atoms with Gasteiger partial charge >= 0.3 is 0 Å². The van der Waals surface area contributed by atoms with Crippen molar-refractivity contribution in [3.8, 4) is 0 Å². The highest BCUT2D eigenvalue weighted by Gasteiger charge is 2.24. The van der Waals surface area contributed by atoms with Crippen LogP contribution in [0.5, 0.6) is 0 Å². The average molecular weight is 411 g/mol. The van der Waals surface area contributed by atoms with Crippen LogP contribution in [-0.2, 0) is 11.8 Å². The van der Waals surface area contributed by atoms with Crippen molar-refractivity contribution in [2.75, 3.05) is 40.0 Å². The lowest BCUT2D eigenvalue weighted by molar-refractivity contribution is -0.00802. The van der Waals surface area contributed by atoms with Crippen molar-refractivity contribution in [3.63, 3.8) is 0 Å². The number of alkyl halides is 1. The van der Waals surface area contributed by atoms with Crippen LogP contribution in [0.4, 0.5) is 4.39 Å². The van der Waals surface area contributed by atoms with Crippen molar-refractivity contribution in [2.24, 2.45) is 12.0 Å². The summed E-state index contributed by atoms with van der Waals surface area (Å²) in [7, 11) is 3.63. The number of guanidine groups is 1. The standard InChI is InChI=1S/C13H22FN5O.HI/c1-15-13(16-5-3-4-14)19-6-7-20-12(10-19)11-8-17-18(2)9-11;/h8-9,12H,3-7,10H2,1-2H3,(H,15,16);1H. The van der Waals surface area contributed by atoms with Crippen LogP contribution in [0.1, 0.15) is 18.1 Å². The quantitative estimate of drug-likeness (QED) is 0.352. The molecule has 1 atom stereocenters. The second-order valence-electron chi connectivity index (χ2n) is 4.77. The highest BCUT2D eigenvalue weighted by Crippen LogP contribution is 2.21. The Labute approximate surface area is 141 Å². The molecule has 0 saturated carbocycles. The van der Waals surface area contributed by atoms with Crippen LogP contribution >= 0.6 is 24.0 Å². The van der Waals surface area contributed by atoms with Crippen molar-refractivity contribution in [1.29, 1.82) is 0 Å². The van der Waals surface area contributed by atoms with Crippen molar-refractivity contribution in [1.82, 2.24) is 20.0 Å². The fraction of sp³-hybridized carbons (Fsp3) is 0.692. The Hall–Kier alpha value is -0.900. The Morgan fingerprint density at radius 2 is 2.43 bits per heavy atom. The molecule has 2 heterocycles. The maximum atomic E-state index is 12.2. The summed E-state index contributed by atoms with van der Waals surface area (Å²) in [5.41, 5.74) is 1.07. The van der Waals surface area contributed by atoms with Gasteiger partial charge < -0.3 is 15.0 Å². The lowest BCUT2D eigenvalue weighted by Gasteiger charge is -2.34. The van der Waals surface area contributed by atoms with Gasteiger partial charge in [-0.1, -0.05) is 0 Å². The molecule has 6 nitrogen and oxygen atoms in total. The van der Waals surface area contributed by atoms with Crippen molar-refractivity contribution >= 4 is 29.9 Å². The molecule has 0 radical (unpaired) electrons. The maximum absolute atomic E-state index is 12.2. The van der Waals surface area contributed by atoms with Crippen LogP contribution < -0.4 is 5.32 Å². The topological polar surface area (TPSA) is 54.7 Å². The van der Waals surface area contributed by atoms with Gasteiger partial charge in [-0.2, -0.15) is 5.10 Å². The molecular formula is C13H23FIN5O. The van der Waals surface area contributed by atoms with E-state index in [0.29, 0.717) is 19.6 Å². The first kappa shape index (κ1) is 18.1. The molecule has 1 saturated heterocycles. The molecule has 1 aromatic heterocycles. The number of rotatable bonds is 4. The summed E-state index contributed by atoms with van der Waals surface area (Å²) in [6.45, 7) is 2.43. The molecule has 21 heavy (non-hydrogen) atoms. The van der Waals surface area contributed by atoms with Crippen LogP contribution in [0.2, 0.25) is 0 Å². The third-order valence-corrected chi connectivity index (χ3v) is 3.27. The number of hydrogen-bond acceptors (Lipinski definition) is 3. The highest BCUT2D eigenvalue weighted by atomic mass is 127. The number of halogens is 2. The molecule has 0 spiro atoms. The minimum absolute atomic E-state index is 0. The summed E-state index contributed by atoms with van der Waals surface area (Å²) >= 11 is 0. The smallest absolute Gasteiger partial charge is 0.193 e. The van der Waals surface area contributed by atoms with Gasteiger partial charge in [-0.25, -0.2) is 0 Å². The molecule has 8 heteroatoms. The van der Waals surface area contributed by atoms with Gasteiger partial charge in [0.1, 0.15) is 6.10 Å². The predicted molar refractivity (Wildman–Crippen MR) is 90.8 cm³/mol. The first-order valence-corrected chi connectivity index (χ1v) is 6.86. The molecule has 120 valence electrons. The first-order valence-electron chi connectivity index (χ1n) is 6.86. The number of aryl methyl sites for hydroxylation is 1. The normalized spacial score (nSPS) is 19.3.